The molecule has 10 rings (SSSR count). The molecule has 0 atom stereocenters. The van der Waals surface area contributed by atoms with Crippen molar-refractivity contribution >= 4 is 103 Å². The summed E-state index contributed by atoms with van der Waals surface area (Å²) in [5, 5.41) is 8.09. The number of nitrogens with zero attached hydrogens (tertiary/aromatic N) is 10. The Morgan fingerprint density at radius 1 is 0.667 bits per heavy atom. The molecule has 2 aliphatic rings. The summed E-state index contributed by atoms with van der Waals surface area (Å²) >= 11 is 6.42. The van der Waals surface area contributed by atoms with Gasteiger partial charge in [-0.15, -0.1) is 22.7 Å². The fraction of sp³-hybridized carbons (Fsp3) is 0.365. The Bertz CT molecular complexity index is 3640. The number of anilines is 5. The molecule has 16 nitrogen and oxygen atoms in total. The van der Waals surface area contributed by atoms with Gasteiger partial charge in [0, 0.05) is 86.0 Å². The molecular formula is C52H58BrF2N11O5S4. The molecule has 23 heteroatoms. The maximum atomic E-state index is 13.9. The lowest BCUT2D eigenvalue weighted by molar-refractivity contribution is -0.114. The number of halogens is 3. The van der Waals surface area contributed by atoms with E-state index >= 15 is 0 Å². The zero-order valence-electron chi connectivity index (χ0n) is 42.6. The molecule has 1 N–H and O–H groups in total. The van der Waals surface area contributed by atoms with Crippen LogP contribution in [0.1, 0.15) is 80.8 Å². The number of imidazole rings is 2. The van der Waals surface area contributed by atoms with Crippen molar-refractivity contribution in [2.45, 2.75) is 71.1 Å². The number of pyridine rings is 2. The normalized spacial score (nSPS) is 15.3. The van der Waals surface area contributed by atoms with Crippen molar-refractivity contribution in [1.82, 2.24) is 37.3 Å². The van der Waals surface area contributed by atoms with Crippen LogP contribution < -0.4 is 15.1 Å². The summed E-state index contributed by atoms with van der Waals surface area (Å²) in [5.41, 5.74) is 9.19. The quantitative estimate of drug-likeness (QED) is 0.117. The number of amides is 1. The number of rotatable bonds is 13. The van der Waals surface area contributed by atoms with Crippen LogP contribution >= 0.6 is 38.6 Å². The smallest absolute Gasteiger partial charge is 0.221 e. The maximum Gasteiger partial charge on any atom is 0.221 e. The van der Waals surface area contributed by atoms with Crippen LogP contribution in [0.2, 0.25) is 0 Å². The number of sulfonamides is 2. The number of hydrogen-bond donors (Lipinski definition) is 1. The van der Waals surface area contributed by atoms with Gasteiger partial charge in [-0.3, -0.25) is 13.6 Å². The van der Waals surface area contributed by atoms with Gasteiger partial charge in [-0.2, -0.15) is 0 Å². The molecule has 0 bridgehead atoms. The second kappa shape index (κ2) is 22.1. The van der Waals surface area contributed by atoms with E-state index in [0.29, 0.717) is 53.5 Å². The number of thiazole rings is 2. The van der Waals surface area contributed by atoms with Crippen molar-refractivity contribution in [2.75, 3.05) is 67.9 Å². The number of aryl methyl sites for hydroxylation is 2. The first kappa shape index (κ1) is 54.1. The zero-order chi connectivity index (χ0) is 53.5. The molecule has 0 aliphatic carbocycles. The lowest BCUT2D eigenvalue weighted by Crippen LogP contribution is -2.37. The van der Waals surface area contributed by atoms with Crippen LogP contribution in [0.15, 0.2) is 88.3 Å². The molecule has 6 aromatic heterocycles. The van der Waals surface area contributed by atoms with Gasteiger partial charge in [0.15, 0.2) is 10.3 Å². The van der Waals surface area contributed by atoms with Crippen LogP contribution in [-0.4, -0.2) is 113 Å². The van der Waals surface area contributed by atoms with Crippen LogP contribution in [-0.2, 0) is 37.7 Å². The fourth-order valence-electron chi connectivity index (χ4n) is 9.90. The minimum Gasteiger partial charge on any atom is -0.326 e. The zero-order valence-corrected chi connectivity index (χ0v) is 47.4. The Balaban J connectivity index is 0.000000184. The summed E-state index contributed by atoms with van der Waals surface area (Å²) in [6.07, 6.45) is 11.4. The number of nitrogens with one attached hydrogen (secondary N) is 1. The summed E-state index contributed by atoms with van der Waals surface area (Å²) in [4.78, 5) is 35.1. The number of carbonyl (C=O) groups is 1. The van der Waals surface area contributed by atoms with Crippen molar-refractivity contribution in [3.63, 3.8) is 0 Å². The predicted octanol–water partition coefficient (Wildman–Crippen LogP) is 10.9. The SMILES string of the molecule is CCc1nc2ccc(C3CCN(S(C)(=O)=O)CC3)cn2c1N(C)c1nc(-c2ccc(F)cc2Br)cs1.CCc1nc2ccc(C3CCN(S(C)(=O)=O)CC3)cn2c1N(C)c1nc(-c2ccc(F)cc2NC(C)=O)cs1. The van der Waals surface area contributed by atoms with E-state index in [4.69, 9.17) is 19.9 Å². The third-order valence-electron chi connectivity index (χ3n) is 13.8. The highest BCUT2D eigenvalue weighted by molar-refractivity contribution is 9.10. The van der Waals surface area contributed by atoms with Crippen molar-refractivity contribution in [3.05, 3.63) is 122 Å². The van der Waals surface area contributed by atoms with E-state index in [1.165, 1.54) is 71.9 Å². The Morgan fingerprint density at radius 2 is 1.09 bits per heavy atom. The number of hydrogen-bond acceptors (Lipinski definition) is 13. The van der Waals surface area contributed by atoms with Gasteiger partial charge < -0.3 is 15.1 Å². The molecule has 0 saturated carbocycles. The molecule has 2 fully saturated rings. The van der Waals surface area contributed by atoms with E-state index < -0.39 is 25.9 Å². The van der Waals surface area contributed by atoms with Crippen LogP contribution in [0.4, 0.5) is 36.4 Å². The van der Waals surface area contributed by atoms with Crippen molar-refractivity contribution in [1.29, 1.82) is 0 Å². The van der Waals surface area contributed by atoms with Gasteiger partial charge in [0.05, 0.1) is 41.0 Å². The third-order valence-corrected chi connectivity index (χ3v) is 18.9. The first-order valence-electron chi connectivity index (χ1n) is 24.5. The topological polar surface area (TPSA) is 171 Å². The predicted molar refractivity (Wildman–Crippen MR) is 299 cm³/mol. The van der Waals surface area contributed by atoms with E-state index in [1.807, 2.05) is 41.9 Å². The highest BCUT2D eigenvalue weighted by Gasteiger charge is 2.29. The molecule has 0 spiro atoms. The third kappa shape index (κ3) is 11.7. The largest absolute Gasteiger partial charge is 0.326 e. The fourth-order valence-corrected chi connectivity index (χ4v) is 13.8. The first-order chi connectivity index (χ1) is 35.7. The van der Waals surface area contributed by atoms with Gasteiger partial charge in [0.25, 0.3) is 0 Å². The Hall–Kier alpha value is -5.69. The lowest BCUT2D eigenvalue weighted by Gasteiger charge is -2.30. The summed E-state index contributed by atoms with van der Waals surface area (Å²) < 4.78 is 83.1. The standard InChI is InChI=1S/C27H31FN6O3S2.C25H27BrFN5O2S2/c1-5-22-26(32(3)27-31-24(16-38-27)21-8-7-20(28)14-23(21)29-17(2)35)34-15-19(6-9-25(34)30-22)18-10-12-33(13-11-18)39(4,36)37;1-4-21-24(30(2)25-29-22(15-35-25)19-7-6-18(27)13-20(19)26)32-14-17(5-8-23(32)28-21)16-9-11-31(12-10-16)36(3,33)34/h6-9,14-16,18H,5,10-13H2,1-4H3,(H,29,35);5-8,13-16H,4,9-12H2,1-3H3. The molecule has 396 valence electrons. The number of piperidine rings is 2. The Labute approximate surface area is 452 Å². The van der Waals surface area contributed by atoms with Gasteiger partial charge in [-0.05, 0) is 126 Å². The molecule has 2 saturated heterocycles. The van der Waals surface area contributed by atoms with Crippen molar-refractivity contribution < 1.29 is 30.4 Å². The lowest BCUT2D eigenvalue weighted by atomic mass is 9.91. The summed E-state index contributed by atoms with van der Waals surface area (Å²) in [7, 11) is -2.40. The maximum absolute atomic E-state index is 13.9. The van der Waals surface area contributed by atoms with Gasteiger partial charge in [-0.1, -0.05) is 26.0 Å². The molecule has 1 amide bonds. The first-order valence-corrected chi connectivity index (χ1v) is 30.8. The van der Waals surface area contributed by atoms with Crippen LogP contribution in [0.5, 0.6) is 0 Å². The van der Waals surface area contributed by atoms with Crippen molar-refractivity contribution in [2.24, 2.45) is 0 Å². The summed E-state index contributed by atoms with van der Waals surface area (Å²) in [6, 6.07) is 17.1. The number of carbonyl (C=O) groups excluding carboxylic acids is 1. The van der Waals surface area contributed by atoms with E-state index in [-0.39, 0.29) is 17.6 Å². The molecule has 2 aromatic carbocycles. The van der Waals surface area contributed by atoms with Gasteiger partial charge in [0.1, 0.15) is 34.6 Å². The second-order valence-corrected chi connectivity index (χ2v) is 25.4. The Kier molecular flexibility index (Phi) is 16.0. The highest BCUT2D eigenvalue weighted by atomic mass is 79.9. The average Bonchev–Trinajstić information content (AvgIpc) is 4.21. The van der Waals surface area contributed by atoms with Gasteiger partial charge in [-0.25, -0.2) is 54.2 Å². The summed E-state index contributed by atoms with van der Waals surface area (Å²) in [6.45, 7) is 7.65. The molecule has 2 aliphatic heterocycles. The van der Waals surface area contributed by atoms with Crippen molar-refractivity contribution in [3.8, 4) is 22.5 Å². The molecule has 75 heavy (non-hydrogen) atoms. The number of aromatic nitrogens is 6. The van der Waals surface area contributed by atoms with Gasteiger partial charge >= 0.3 is 0 Å². The molecular weight excluding hydrogens is 1100 g/mol. The van der Waals surface area contributed by atoms with Crippen LogP contribution in [0, 0.1) is 11.6 Å². The minimum atomic E-state index is -3.18. The van der Waals surface area contributed by atoms with Crippen LogP contribution in [0.3, 0.4) is 0 Å². The van der Waals surface area contributed by atoms with E-state index in [9.17, 15) is 30.4 Å². The highest BCUT2D eigenvalue weighted by Crippen LogP contribution is 2.40. The molecule has 0 radical (unpaired) electrons. The van der Waals surface area contributed by atoms with E-state index in [0.717, 1.165) is 99.9 Å². The van der Waals surface area contributed by atoms with Crippen LogP contribution in [0.25, 0.3) is 33.8 Å². The number of fused-ring (bicyclic) bond motifs is 2. The molecule has 8 heterocycles. The number of benzene rings is 2. The Morgan fingerprint density at radius 3 is 1.51 bits per heavy atom. The molecule has 8 aromatic rings. The second-order valence-electron chi connectivity index (χ2n) is 18.9. The monoisotopic (exact) mass is 1160 g/mol. The van der Waals surface area contributed by atoms with E-state index in [2.05, 4.69) is 73.3 Å². The van der Waals surface area contributed by atoms with E-state index in [1.54, 1.807) is 20.7 Å². The minimum absolute atomic E-state index is 0.259. The summed E-state index contributed by atoms with van der Waals surface area (Å²) in [5.74, 6) is 1.40. The van der Waals surface area contributed by atoms with Gasteiger partial charge in [0.2, 0.25) is 26.0 Å². The average molecular weight is 1160 g/mol. The molecule has 0 unspecified atom stereocenters.